The van der Waals surface area contributed by atoms with Gasteiger partial charge in [-0.2, -0.15) is 5.26 Å². The molecular weight excluding hydrogens is 492 g/mol. The molecule has 0 radical (unpaired) electrons. The minimum Gasteiger partial charge on any atom is -0.351 e. The molecule has 2 aromatic carbocycles. The van der Waals surface area contributed by atoms with Gasteiger partial charge in [-0.1, -0.05) is 34.8 Å². The smallest absolute Gasteiger partial charge is 0.252 e. The summed E-state index contributed by atoms with van der Waals surface area (Å²) in [4.78, 5) is 25.0. The van der Waals surface area contributed by atoms with Crippen LogP contribution in [0.5, 0.6) is 0 Å². The average molecular weight is 506 g/mol. The number of amides is 2. The summed E-state index contributed by atoms with van der Waals surface area (Å²) in [5, 5.41) is 14.9. The first-order valence-corrected chi connectivity index (χ1v) is 10.6. The van der Waals surface area contributed by atoms with Crippen molar-refractivity contribution in [3.63, 3.8) is 0 Å². The van der Waals surface area contributed by atoms with Crippen molar-refractivity contribution in [2.24, 2.45) is 5.92 Å². The molecular formula is C20H14Cl5N3O2. The van der Waals surface area contributed by atoms with Gasteiger partial charge in [-0.3, -0.25) is 9.59 Å². The molecule has 0 bridgehead atoms. The molecule has 1 aliphatic rings. The Kier molecular flexibility index (Phi) is 7.06. The van der Waals surface area contributed by atoms with Crippen LogP contribution in [0.3, 0.4) is 0 Å². The number of halogens is 5. The lowest BCUT2D eigenvalue weighted by Crippen LogP contribution is -2.25. The number of hydrogen-bond donors (Lipinski definition) is 2. The normalized spacial score (nSPS) is 18.9. The van der Waals surface area contributed by atoms with Gasteiger partial charge >= 0.3 is 0 Å². The molecule has 1 aliphatic carbocycles. The predicted molar refractivity (Wildman–Crippen MR) is 120 cm³/mol. The van der Waals surface area contributed by atoms with Crippen molar-refractivity contribution in [3.8, 4) is 6.07 Å². The van der Waals surface area contributed by atoms with E-state index in [9.17, 15) is 9.59 Å². The van der Waals surface area contributed by atoms with Crippen molar-refractivity contribution in [2.45, 2.75) is 16.7 Å². The van der Waals surface area contributed by atoms with E-state index in [-0.39, 0.29) is 23.6 Å². The summed E-state index contributed by atoms with van der Waals surface area (Å²) in [5.74, 6) is -2.09. The zero-order valence-corrected chi connectivity index (χ0v) is 19.0. The van der Waals surface area contributed by atoms with Crippen LogP contribution in [0.1, 0.15) is 28.3 Å². The van der Waals surface area contributed by atoms with Crippen molar-refractivity contribution in [1.29, 1.82) is 5.26 Å². The summed E-state index contributed by atoms with van der Waals surface area (Å²) in [7, 11) is 0. The van der Waals surface area contributed by atoms with E-state index in [1.807, 2.05) is 6.07 Å². The van der Waals surface area contributed by atoms with Crippen molar-refractivity contribution in [2.75, 3.05) is 11.9 Å². The number of anilines is 1. The Hall–Kier alpha value is -1.68. The Morgan fingerprint density at radius 2 is 1.73 bits per heavy atom. The molecule has 0 heterocycles. The molecule has 0 aliphatic heterocycles. The second kappa shape index (κ2) is 9.21. The summed E-state index contributed by atoms with van der Waals surface area (Å²) in [5.41, 5.74) is 1.18. The van der Waals surface area contributed by atoms with Crippen LogP contribution >= 0.6 is 58.0 Å². The molecule has 156 valence electrons. The number of rotatable bonds is 6. The van der Waals surface area contributed by atoms with Gasteiger partial charge in [-0.25, -0.2) is 0 Å². The number of nitrogens with one attached hydrogen (secondary N) is 2. The molecule has 0 unspecified atom stereocenters. The maximum Gasteiger partial charge on any atom is 0.252 e. The number of carbonyl (C=O) groups excluding carboxylic acids is 2. The molecule has 1 fully saturated rings. The monoisotopic (exact) mass is 503 g/mol. The standard InChI is InChI=1S/C20H14Cl5N3O2/c21-11-6-10(7-12(22)8-11)16-17(20(16,24)25)19(30)28-13-2-3-15(23)14(9-13)18(29)27-5-1-4-26/h2-3,6-9,16-17H,1,5H2,(H,27,29)(H,28,30)/t16-,17+/m0/s1. The van der Waals surface area contributed by atoms with Gasteiger partial charge in [0.1, 0.15) is 4.33 Å². The largest absolute Gasteiger partial charge is 0.351 e. The average Bonchev–Trinajstić information content (AvgIpc) is 3.25. The number of nitrogens with zero attached hydrogens (tertiary/aromatic N) is 1. The van der Waals surface area contributed by atoms with Gasteiger partial charge in [-0.05, 0) is 42.0 Å². The minimum absolute atomic E-state index is 0.171. The second-order valence-corrected chi connectivity index (χ2v) is 9.40. The third-order valence-electron chi connectivity index (χ3n) is 4.58. The van der Waals surface area contributed by atoms with E-state index in [2.05, 4.69) is 10.6 Å². The molecule has 2 N–H and O–H groups in total. The van der Waals surface area contributed by atoms with Crippen LogP contribution < -0.4 is 10.6 Å². The molecule has 2 atom stereocenters. The number of nitriles is 1. The third-order valence-corrected chi connectivity index (χ3v) is 6.29. The molecule has 30 heavy (non-hydrogen) atoms. The van der Waals surface area contributed by atoms with Crippen LogP contribution in [0, 0.1) is 17.2 Å². The molecule has 2 aromatic rings. The highest BCUT2D eigenvalue weighted by Gasteiger charge is 2.67. The second-order valence-electron chi connectivity index (χ2n) is 6.68. The van der Waals surface area contributed by atoms with Crippen molar-refractivity contribution in [3.05, 3.63) is 62.6 Å². The molecule has 10 heteroatoms. The maximum atomic E-state index is 12.8. The fourth-order valence-corrected chi connectivity index (χ4v) is 4.72. The van der Waals surface area contributed by atoms with E-state index in [4.69, 9.17) is 63.3 Å². The van der Waals surface area contributed by atoms with Gasteiger partial charge in [0.15, 0.2) is 0 Å². The van der Waals surface area contributed by atoms with E-state index >= 15 is 0 Å². The molecule has 0 saturated heterocycles. The van der Waals surface area contributed by atoms with Gasteiger partial charge in [0.2, 0.25) is 5.91 Å². The molecule has 3 rings (SSSR count). The summed E-state index contributed by atoms with van der Waals surface area (Å²) >= 11 is 30.9. The van der Waals surface area contributed by atoms with Crippen molar-refractivity contribution in [1.82, 2.24) is 5.32 Å². The van der Waals surface area contributed by atoms with E-state index in [0.717, 1.165) is 0 Å². The number of hydrogen-bond acceptors (Lipinski definition) is 3. The third kappa shape index (κ3) is 4.96. The fourth-order valence-electron chi connectivity index (χ4n) is 3.15. The summed E-state index contributed by atoms with van der Waals surface area (Å²) in [6.45, 7) is 0.190. The number of benzene rings is 2. The maximum absolute atomic E-state index is 12.8. The van der Waals surface area contributed by atoms with Gasteiger partial charge in [-0.15, -0.1) is 23.2 Å². The summed E-state index contributed by atoms with van der Waals surface area (Å²) in [6.07, 6.45) is 0.171. The quantitative estimate of drug-likeness (QED) is 0.384. The highest BCUT2D eigenvalue weighted by Crippen LogP contribution is 2.65. The van der Waals surface area contributed by atoms with E-state index in [1.165, 1.54) is 12.1 Å². The Labute approximate surface area is 198 Å². The lowest BCUT2D eigenvalue weighted by molar-refractivity contribution is -0.117. The van der Waals surface area contributed by atoms with Crippen LogP contribution in [-0.4, -0.2) is 22.7 Å². The van der Waals surface area contributed by atoms with E-state index < -0.39 is 28.0 Å². The first kappa shape index (κ1) is 23.0. The molecule has 2 amide bonds. The van der Waals surface area contributed by atoms with Gasteiger partial charge in [0.25, 0.3) is 5.91 Å². The van der Waals surface area contributed by atoms with E-state index in [1.54, 1.807) is 24.3 Å². The summed E-state index contributed by atoms with van der Waals surface area (Å²) < 4.78 is -1.32. The SMILES string of the molecule is N#CCCNC(=O)c1cc(NC(=O)[C@H]2[C@H](c3cc(Cl)cc(Cl)c3)C2(Cl)Cl)ccc1Cl. The first-order valence-electron chi connectivity index (χ1n) is 8.74. The summed E-state index contributed by atoms with van der Waals surface area (Å²) in [6, 6.07) is 11.3. The van der Waals surface area contributed by atoms with Gasteiger partial charge < -0.3 is 10.6 Å². The van der Waals surface area contributed by atoms with Gasteiger partial charge in [0, 0.05) is 28.2 Å². The van der Waals surface area contributed by atoms with Gasteiger partial charge in [0.05, 0.1) is 29.0 Å². The van der Waals surface area contributed by atoms with Crippen LogP contribution in [0.25, 0.3) is 0 Å². The Morgan fingerprint density at radius 3 is 2.37 bits per heavy atom. The highest BCUT2D eigenvalue weighted by molar-refractivity contribution is 6.53. The van der Waals surface area contributed by atoms with Crippen LogP contribution in [0.4, 0.5) is 5.69 Å². The van der Waals surface area contributed by atoms with Crippen molar-refractivity contribution >= 4 is 75.5 Å². The fraction of sp³-hybridized carbons (Fsp3) is 0.250. The lowest BCUT2D eigenvalue weighted by atomic mass is 10.1. The molecule has 0 aromatic heterocycles. The topological polar surface area (TPSA) is 82.0 Å². The first-order chi connectivity index (χ1) is 14.1. The van der Waals surface area contributed by atoms with Crippen LogP contribution in [-0.2, 0) is 4.79 Å². The highest BCUT2D eigenvalue weighted by atomic mass is 35.5. The van der Waals surface area contributed by atoms with Crippen molar-refractivity contribution < 1.29 is 9.59 Å². The molecule has 5 nitrogen and oxygen atoms in total. The Bertz CT molecular complexity index is 1030. The van der Waals surface area contributed by atoms with Crippen LogP contribution in [0.2, 0.25) is 15.1 Å². The zero-order chi connectivity index (χ0) is 22.1. The Balaban J connectivity index is 1.75. The Morgan fingerprint density at radius 1 is 1.07 bits per heavy atom. The van der Waals surface area contributed by atoms with E-state index in [0.29, 0.717) is 21.3 Å². The lowest BCUT2D eigenvalue weighted by Gasteiger charge is -2.10. The minimum atomic E-state index is -1.32. The predicted octanol–water partition coefficient (Wildman–Crippen LogP) is 5.82. The van der Waals surface area contributed by atoms with Crippen LogP contribution in [0.15, 0.2) is 36.4 Å². The molecule has 1 saturated carbocycles. The zero-order valence-electron chi connectivity index (χ0n) is 15.2. The molecule has 0 spiro atoms. The number of carbonyl (C=O) groups is 2. The number of alkyl halides is 2.